The minimum atomic E-state index is -1.26. The van der Waals surface area contributed by atoms with Crippen LogP contribution in [-0.4, -0.2) is 52.1 Å². The van der Waals surface area contributed by atoms with E-state index in [1.165, 1.54) is 6.92 Å². The van der Waals surface area contributed by atoms with Crippen molar-refractivity contribution in [2.75, 3.05) is 6.61 Å². The molecule has 0 radical (unpaired) electrons. The van der Waals surface area contributed by atoms with Crippen LogP contribution in [0.3, 0.4) is 0 Å². The summed E-state index contributed by atoms with van der Waals surface area (Å²) in [4.78, 5) is 11.1. The zero-order chi connectivity index (χ0) is 13.0. The number of aliphatic hydroxyl groups excluding tert-OH is 3. The quantitative estimate of drug-likeness (QED) is 0.398. The highest BCUT2D eigenvalue weighted by Crippen LogP contribution is 2.29. The number of hydrogen-bond donors (Lipinski definition) is 5. The topological polar surface area (TPSA) is 116 Å². The molecule has 6 heteroatoms. The highest BCUT2D eigenvalue weighted by molar-refractivity contribution is 5.73. The molecule has 1 saturated carbocycles. The SMILES string of the molecule is CC(=O)NC(C(O)C(O)CO)[C@@H]1CCC[C@H]1N. The number of nitrogens with two attached hydrogens (primary N) is 1. The van der Waals surface area contributed by atoms with Crippen molar-refractivity contribution in [3.63, 3.8) is 0 Å². The first-order valence-electron chi connectivity index (χ1n) is 5.97. The molecule has 5 atom stereocenters. The molecule has 1 amide bonds. The van der Waals surface area contributed by atoms with Crippen molar-refractivity contribution in [3.8, 4) is 0 Å². The van der Waals surface area contributed by atoms with Crippen LogP contribution >= 0.6 is 0 Å². The number of hydrogen-bond acceptors (Lipinski definition) is 5. The molecule has 3 unspecified atom stereocenters. The Morgan fingerprint density at radius 1 is 1.47 bits per heavy atom. The number of aliphatic hydroxyl groups is 3. The van der Waals surface area contributed by atoms with Gasteiger partial charge in [-0.3, -0.25) is 4.79 Å². The Morgan fingerprint density at radius 3 is 2.53 bits per heavy atom. The number of carbonyl (C=O) groups excluding carboxylic acids is 1. The van der Waals surface area contributed by atoms with E-state index in [1.807, 2.05) is 0 Å². The van der Waals surface area contributed by atoms with Gasteiger partial charge < -0.3 is 26.4 Å². The lowest BCUT2D eigenvalue weighted by Crippen LogP contribution is -2.55. The zero-order valence-corrected chi connectivity index (χ0v) is 10.0. The molecule has 0 aromatic rings. The lowest BCUT2D eigenvalue weighted by molar-refractivity contribution is -0.122. The van der Waals surface area contributed by atoms with Crippen LogP contribution < -0.4 is 11.1 Å². The fourth-order valence-corrected chi connectivity index (χ4v) is 2.49. The van der Waals surface area contributed by atoms with Gasteiger partial charge >= 0.3 is 0 Å². The van der Waals surface area contributed by atoms with Gasteiger partial charge in [0.15, 0.2) is 0 Å². The summed E-state index contributed by atoms with van der Waals surface area (Å²) < 4.78 is 0. The number of amides is 1. The molecule has 0 spiro atoms. The van der Waals surface area contributed by atoms with Gasteiger partial charge in [-0.2, -0.15) is 0 Å². The summed E-state index contributed by atoms with van der Waals surface area (Å²) in [6.45, 7) is 0.810. The average Bonchev–Trinajstić information content (AvgIpc) is 2.70. The van der Waals surface area contributed by atoms with E-state index in [9.17, 15) is 15.0 Å². The third-order valence-electron chi connectivity index (χ3n) is 3.41. The van der Waals surface area contributed by atoms with Gasteiger partial charge in [0, 0.05) is 13.0 Å². The minimum Gasteiger partial charge on any atom is -0.394 e. The van der Waals surface area contributed by atoms with E-state index in [1.54, 1.807) is 0 Å². The van der Waals surface area contributed by atoms with Crippen molar-refractivity contribution in [2.24, 2.45) is 11.7 Å². The van der Waals surface area contributed by atoms with Crippen molar-refractivity contribution in [1.82, 2.24) is 5.32 Å². The molecule has 100 valence electrons. The standard InChI is InChI=1S/C11H22N2O4/c1-6(15)13-10(11(17)9(16)5-14)7-3-2-4-8(7)12/h7-11,14,16-17H,2-5,12H2,1H3,(H,13,15)/t7-,8-,9?,10?,11?/m1/s1. The van der Waals surface area contributed by atoms with E-state index in [2.05, 4.69) is 5.32 Å². The normalized spacial score (nSPS) is 29.7. The fraction of sp³-hybridized carbons (Fsp3) is 0.909. The fourth-order valence-electron chi connectivity index (χ4n) is 2.49. The molecule has 0 heterocycles. The maximum Gasteiger partial charge on any atom is 0.217 e. The van der Waals surface area contributed by atoms with E-state index >= 15 is 0 Å². The van der Waals surface area contributed by atoms with Crippen LogP contribution in [0.25, 0.3) is 0 Å². The summed E-state index contributed by atoms with van der Waals surface area (Å²) in [7, 11) is 0. The van der Waals surface area contributed by atoms with E-state index in [0.29, 0.717) is 0 Å². The Kier molecular flexibility index (Phi) is 5.32. The Hall–Kier alpha value is -0.690. The smallest absolute Gasteiger partial charge is 0.217 e. The summed E-state index contributed by atoms with van der Waals surface area (Å²) in [6, 6.07) is -0.695. The third-order valence-corrected chi connectivity index (χ3v) is 3.41. The van der Waals surface area contributed by atoms with Gasteiger partial charge in [0.2, 0.25) is 5.91 Å². The third kappa shape index (κ3) is 3.64. The number of rotatable bonds is 5. The summed E-state index contributed by atoms with van der Waals surface area (Å²) >= 11 is 0. The molecule has 0 bridgehead atoms. The minimum absolute atomic E-state index is 0.0601. The van der Waals surface area contributed by atoms with Gasteiger partial charge in [0.05, 0.1) is 12.6 Å². The van der Waals surface area contributed by atoms with Gasteiger partial charge in [-0.25, -0.2) is 0 Å². The van der Waals surface area contributed by atoms with Crippen LogP contribution in [0.15, 0.2) is 0 Å². The Bertz CT molecular complexity index is 262. The molecular weight excluding hydrogens is 224 g/mol. The molecule has 0 aromatic carbocycles. The molecule has 6 N–H and O–H groups in total. The predicted octanol–water partition coefficient (Wildman–Crippen LogP) is -1.67. The molecule has 0 saturated heterocycles. The molecule has 0 aromatic heterocycles. The van der Waals surface area contributed by atoms with Gasteiger partial charge in [0.1, 0.15) is 12.2 Å². The second-order valence-corrected chi connectivity index (χ2v) is 4.73. The maximum atomic E-state index is 11.1. The van der Waals surface area contributed by atoms with E-state index in [-0.39, 0.29) is 17.9 Å². The largest absolute Gasteiger partial charge is 0.394 e. The first-order chi connectivity index (χ1) is 7.97. The van der Waals surface area contributed by atoms with Gasteiger partial charge in [-0.1, -0.05) is 6.42 Å². The Morgan fingerprint density at radius 2 is 2.12 bits per heavy atom. The van der Waals surface area contributed by atoms with Gasteiger partial charge in [-0.15, -0.1) is 0 Å². The summed E-state index contributed by atoms with van der Waals surface area (Å²) in [5, 5.41) is 30.9. The summed E-state index contributed by atoms with van der Waals surface area (Å²) in [5.74, 6) is -0.339. The summed E-state index contributed by atoms with van der Waals surface area (Å²) in [5.41, 5.74) is 5.93. The highest BCUT2D eigenvalue weighted by atomic mass is 16.4. The van der Waals surface area contributed by atoms with Crippen molar-refractivity contribution in [1.29, 1.82) is 0 Å². The predicted molar refractivity (Wildman–Crippen MR) is 62.0 cm³/mol. The van der Waals surface area contributed by atoms with Crippen LogP contribution in [0.4, 0.5) is 0 Å². The molecule has 1 aliphatic carbocycles. The lowest BCUT2D eigenvalue weighted by Gasteiger charge is -2.33. The molecular formula is C11H22N2O4. The van der Waals surface area contributed by atoms with Crippen molar-refractivity contribution < 1.29 is 20.1 Å². The Labute approximate surface area is 101 Å². The molecule has 1 rings (SSSR count). The maximum absolute atomic E-state index is 11.1. The van der Waals surface area contributed by atoms with Crippen LogP contribution in [-0.2, 0) is 4.79 Å². The number of carbonyl (C=O) groups is 1. The monoisotopic (exact) mass is 246 g/mol. The van der Waals surface area contributed by atoms with Crippen LogP contribution in [0, 0.1) is 5.92 Å². The molecule has 6 nitrogen and oxygen atoms in total. The van der Waals surface area contributed by atoms with Crippen LogP contribution in [0.1, 0.15) is 26.2 Å². The van der Waals surface area contributed by atoms with E-state index < -0.39 is 24.9 Å². The van der Waals surface area contributed by atoms with Crippen LogP contribution in [0.5, 0.6) is 0 Å². The zero-order valence-electron chi connectivity index (χ0n) is 10.0. The Balaban J connectivity index is 2.75. The molecule has 17 heavy (non-hydrogen) atoms. The van der Waals surface area contributed by atoms with Gasteiger partial charge in [-0.05, 0) is 18.8 Å². The molecule has 1 fully saturated rings. The van der Waals surface area contributed by atoms with Gasteiger partial charge in [0.25, 0.3) is 0 Å². The summed E-state index contributed by atoms with van der Waals surface area (Å²) in [6.07, 6.45) is 0.145. The molecule has 1 aliphatic rings. The van der Waals surface area contributed by atoms with Crippen molar-refractivity contribution >= 4 is 5.91 Å². The van der Waals surface area contributed by atoms with E-state index in [0.717, 1.165) is 19.3 Å². The van der Waals surface area contributed by atoms with Crippen molar-refractivity contribution in [2.45, 2.75) is 50.5 Å². The molecule has 0 aliphatic heterocycles. The second kappa shape index (κ2) is 6.30. The first-order valence-corrected chi connectivity index (χ1v) is 5.97. The first kappa shape index (κ1) is 14.4. The lowest BCUT2D eigenvalue weighted by atomic mass is 9.88. The average molecular weight is 246 g/mol. The number of nitrogens with one attached hydrogen (secondary N) is 1. The second-order valence-electron chi connectivity index (χ2n) is 4.73. The highest BCUT2D eigenvalue weighted by Gasteiger charge is 2.38. The van der Waals surface area contributed by atoms with Crippen molar-refractivity contribution in [3.05, 3.63) is 0 Å². The van der Waals surface area contributed by atoms with Crippen LogP contribution in [0.2, 0.25) is 0 Å². The van der Waals surface area contributed by atoms with E-state index in [4.69, 9.17) is 10.8 Å².